The van der Waals surface area contributed by atoms with E-state index in [1.54, 1.807) is 25.1 Å². The first-order chi connectivity index (χ1) is 6.19. The summed E-state index contributed by atoms with van der Waals surface area (Å²) in [4.78, 5) is 11.1. The van der Waals surface area contributed by atoms with Crippen molar-refractivity contribution < 1.29 is 14.7 Å². The number of nitrogens with one attached hydrogen (secondary N) is 1. The zero-order valence-electron chi connectivity index (χ0n) is 7.50. The molecule has 0 saturated heterocycles. The Kier molecular flexibility index (Phi) is 2.87. The van der Waals surface area contributed by atoms with Crippen molar-refractivity contribution in [3.05, 3.63) is 29.3 Å². The van der Waals surface area contributed by atoms with Gasteiger partial charge >= 0.3 is 5.97 Å². The van der Waals surface area contributed by atoms with E-state index in [9.17, 15) is 4.79 Å². The van der Waals surface area contributed by atoms with Crippen LogP contribution in [0.2, 0.25) is 0 Å². The second-order valence-electron chi connectivity index (χ2n) is 2.63. The van der Waals surface area contributed by atoms with Crippen molar-refractivity contribution in [1.82, 2.24) is 0 Å². The predicted molar refractivity (Wildman–Crippen MR) is 47.9 cm³/mol. The maximum absolute atomic E-state index is 11.1. The van der Waals surface area contributed by atoms with Gasteiger partial charge in [-0.25, -0.2) is 4.79 Å². The quantitative estimate of drug-likeness (QED) is 0.537. The van der Waals surface area contributed by atoms with E-state index >= 15 is 0 Å². The van der Waals surface area contributed by atoms with Crippen LogP contribution >= 0.6 is 0 Å². The van der Waals surface area contributed by atoms with E-state index in [0.717, 1.165) is 5.56 Å². The molecular formula is C9H11NO3. The maximum atomic E-state index is 11.1. The summed E-state index contributed by atoms with van der Waals surface area (Å²) in [6.45, 7) is 1.77. The highest BCUT2D eigenvalue weighted by molar-refractivity contribution is 5.91. The van der Waals surface area contributed by atoms with Crippen LogP contribution in [0.4, 0.5) is 5.69 Å². The topological polar surface area (TPSA) is 58.6 Å². The molecule has 0 aliphatic carbocycles. The molecular weight excluding hydrogens is 170 g/mol. The molecule has 0 fully saturated rings. The van der Waals surface area contributed by atoms with Gasteiger partial charge in [0.25, 0.3) is 0 Å². The molecule has 1 aromatic rings. The van der Waals surface area contributed by atoms with E-state index in [0.29, 0.717) is 11.3 Å². The van der Waals surface area contributed by atoms with E-state index in [4.69, 9.17) is 5.21 Å². The third-order valence-corrected chi connectivity index (χ3v) is 1.76. The minimum Gasteiger partial charge on any atom is -0.465 e. The van der Waals surface area contributed by atoms with Crippen LogP contribution in [0.1, 0.15) is 15.9 Å². The van der Waals surface area contributed by atoms with Crippen molar-refractivity contribution in [1.29, 1.82) is 0 Å². The van der Waals surface area contributed by atoms with Crippen molar-refractivity contribution >= 4 is 11.7 Å². The lowest BCUT2D eigenvalue weighted by Crippen LogP contribution is -2.04. The molecule has 0 spiro atoms. The van der Waals surface area contributed by atoms with E-state index < -0.39 is 0 Å². The number of rotatable bonds is 2. The summed E-state index contributed by atoms with van der Waals surface area (Å²) in [6, 6.07) is 4.85. The lowest BCUT2D eigenvalue weighted by molar-refractivity contribution is 0.0600. The van der Waals surface area contributed by atoms with Gasteiger partial charge in [0.2, 0.25) is 0 Å². The number of benzene rings is 1. The number of esters is 1. The third-order valence-electron chi connectivity index (χ3n) is 1.76. The highest BCUT2D eigenvalue weighted by Crippen LogP contribution is 2.15. The Hall–Kier alpha value is -1.55. The molecule has 13 heavy (non-hydrogen) atoms. The van der Waals surface area contributed by atoms with Gasteiger partial charge < -0.3 is 4.74 Å². The minimum absolute atomic E-state index is 0.373. The fourth-order valence-corrected chi connectivity index (χ4v) is 1.07. The lowest BCUT2D eigenvalue weighted by Gasteiger charge is -2.05. The summed E-state index contributed by atoms with van der Waals surface area (Å²) in [5, 5.41) is 8.58. The lowest BCUT2D eigenvalue weighted by atomic mass is 10.1. The Morgan fingerprint density at radius 1 is 1.54 bits per heavy atom. The van der Waals surface area contributed by atoms with Crippen molar-refractivity contribution in [3.8, 4) is 0 Å². The Morgan fingerprint density at radius 3 is 2.69 bits per heavy atom. The van der Waals surface area contributed by atoms with E-state index in [1.807, 2.05) is 5.48 Å². The number of carbonyl (C=O) groups excluding carboxylic acids is 1. The zero-order valence-corrected chi connectivity index (χ0v) is 7.50. The molecule has 4 heteroatoms. The predicted octanol–water partition coefficient (Wildman–Crippen LogP) is 1.58. The Balaban J connectivity index is 3.05. The summed E-state index contributed by atoms with van der Waals surface area (Å²) < 4.78 is 4.57. The number of hydrogen-bond donors (Lipinski definition) is 2. The summed E-state index contributed by atoms with van der Waals surface area (Å²) in [5.41, 5.74) is 3.80. The molecule has 0 bridgehead atoms. The third kappa shape index (κ3) is 1.97. The molecule has 0 aliphatic rings. The largest absolute Gasteiger partial charge is 0.465 e. The van der Waals surface area contributed by atoms with Crippen LogP contribution in [0.25, 0.3) is 0 Å². The number of anilines is 1. The van der Waals surface area contributed by atoms with Gasteiger partial charge in [-0.15, -0.1) is 0 Å². The molecule has 0 unspecified atom stereocenters. The van der Waals surface area contributed by atoms with Gasteiger partial charge in [-0.3, -0.25) is 10.7 Å². The molecule has 0 saturated carbocycles. The molecule has 0 aromatic heterocycles. The first kappa shape index (κ1) is 9.54. The van der Waals surface area contributed by atoms with Crippen LogP contribution in [0.3, 0.4) is 0 Å². The fraction of sp³-hybridized carbons (Fsp3) is 0.222. The first-order valence-corrected chi connectivity index (χ1v) is 3.78. The normalized spacial score (nSPS) is 9.46. The second-order valence-corrected chi connectivity index (χ2v) is 2.63. The smallest absolute Gasteiger partial charge is 0.338 e. The molecule has 70 valence electrons. The average molecular weight is 181 g/mol. The molecule has 0 heterocycles. The minimum atomic E-state index is -0.373. The number of carbonyl (C=O) groups is 1. The molecule has 0 radical (unpaired) electrons. The monoisotopic (exact) mass is 181 g/mol. The summed E-state index contributed by atoms with van der Waals surface area (Å²) in [6.07, 6.45) is 0. The number of ether oxygens (including phenoxy) is 1. The Morgan fingerprint density at radius 2 is 2.23 bits per heavy atom. The van der Waals surface area contributed by atoms with Crippen LogP contribution in [0, 0.1) is 6.92 Å². The highest BCUT2D eigenvalue weighted by atomic mass is 16.5. The molecule has 1 rings (SSSR count). The zero-order chi connectivity index (χ0) is 9.84. The van der Waals surface area contributed by atoms with Gasteiger partial charge in [0, 0.05) is 0 Å². The second kappa shape index (κ2) is 3.91. The van der Waals surface area contributed by atoms with Crippen molar-refractivity contribution in [3.63, 3.8) is 0 Å². The summed E-state index contributed by atoms with van der Waals surface area (Å²) in [7, 11) is 1.33. The standard InChI is InChI=1S/C9H11NO3/c1-6-5-7(10-12)3-4-8(6)9(11)13-2/h3-5,10,12H,1-2H3. The number of methoxy groups -OCH3 is 1. The van der Waals surface area contributed by atoms with Gasteiger partial charge in [-0.05, 0) is 30.7 Å². The number of hydrogen-bond acceptors (Lipinski definition) is 4. The van der Waals surface area contributed by atoms with Crippen LogP contribution in [-0.2, 0) is 4.74 Å². The summed E-state index contributed by atoms with van der Waals surface area (Å²) in [5.74, 6) is -0.373. The average Bonchev–Trinajstić information content (AvgIpc) is 2.16. The number of aryl methyl sites for hydroxylation is 1. The van der Waals surface area contributed by atoms with Crippen molar-refractivity contribution in [2.45, 2.75) is 6.92 Å². The van der Waals surface area contributed by atoms with Crippen LogP contribution in [0.15, 0.2) is 18.2 Å². The highest BCUT2D eigenvalue weighted by Gasteiger charge is 2.08. The molecule has 0 aliphatic heterocycles. The van der Waals surface area contributed by atoms with Crippen LogP contribution in [-0.4, -0.2) is 18.3 Å². The fourth-order valence-electron chi connectivity index (χ4n) is 1.07. The Labute approximate surface area is 76.1 Å². The van der Waals surface area contributed by atoms with Crippen molar-refractivity contribution in [2.24, 2.45) is 0 Å². The van der Waals surface area contributed by atoms with Gasteiger partial charge in [0.1, 0.15) is 0 Å². The van der Waals surface area contributed by atoms with Crippen LogP contribution < -0.4 is 5.48 Å². The van der Waals surface area contributed by atoms with E-state index in [2.05, 4.69) is 4.74 Å². The first-order valence-electron chi connectivity index (χ1n) is 3.78. The maximum Gasteiger partial charge on any atom is 0.338 e. The molecule has 0 amide bonds. The van der Waals surface area contributed by atoms with E-state index in [-0.39, 0.29) is 5.97 Å². The van der Waals surface area contributed by atoms with Gasteiger partial charge in [-0.2, -0.15) is 0 Å². The molecule has 4 nitrogen and oxygen atoms in total. The van der Waals surface area contributed by atoms with Crippen molar-refractivity contribution in [2.75, 3.05) is 12.6 Å². The molecule has 2 N–H and O–H groups in total. The Bertz CT molecular complexity index is 323. The van der Waals surface area contributed by atoms with Gasteiger partial charge in [-0.1, -0.05) is 0 Å². The van der Waals surface area contributed by atoms with Gasteiger partial charge in [0.15, 0.2) is 0 Å². The van der Waals surface area contributed by atoms with Crippen LogP contribution in [0.5, 0.6) is 0 Å². The summed E-state index contributed by atoms with van der Waals surface area (Å²) >= 11 is 0. The molecule has 1 aromatic carbocycles. The molecule has 0 atom stereocenters. The SMILES string of the molecule is COC(=O)c1ccc(NO)cc1C. The van der Waals surface area contributed by atoms with E-state index in [1.165, 1.54) is 7.11 Å². The van der Waals surface area contributed by atoms with Gasteiger partial charge in [0.05, 0.1) is 18.4 Å².